The maximum Gasteiger partial charge on any atom is 0.222 e. The average molecular weight is 368 g/mol. The summed E-state index contributed by atoms with van der Waals surface area (Å²) in [5.74, 6) is 0.750. The number of amides is 1. The number of carbonyl (C=O) groups excluding carboxylic acids is 1. The number of nitrogens with two attached hydrogens (primary N) is 1. The minimum atomic E-state index is -0.0570. The third-order valence-electron chi connectivity index (χ3n) is 2.54. The Morgan fingerprint density at radius 1 is 1.50 bits per heavy atom. The van der Waals surface area contributed by atoms with E-state index in [2.05, 4.69) is 10.3 Å². The van der Waals surface area contributed by atoms with Gasteiger partial charge in [-0.25, -0.2) is 0 Å². The first-order valence-electron chi connectivity index (χ1n) is 6.24. The molecule has 0 spiro atoms. The Bertz CT molecular complexity index is 299. The maximum absolute atomic E-state index is 11.3. The van der Waals surface area contributed by atoms with Crippen LogP contribution in [0.25, 0.3) is 0 Å². The first-order chi connectivity index (χ1) is 7.88. The first-order valence-corrected chi connectivity index (χ1v) is 6.24. The molecule has 1 aliphatic heterocycles. The largest absolute Gasteiger partial charge is 0.370 e. The number of carbonyl (C=O) groups is 1. The second-order valence-electron chi connectivity index (χ2n) is 5.48. The van der Waals surface area contributed by atoms with Crippen LogP contribution >= 0.6 is 24.0 Å². The van der Waals surface area contributed by atoms with Crippen molar-refractivity contribution in [1.82, 2.24) is 10.2 Å². The van der Waals surface area contributed by atoms with E-state index in [1.165, 1.54) is 0 Å². The van der Waals surface area contributed by atoms with Gasteiger partial charge in [0.2, 0.25) is 5.91 Å². The zero-order valence-electron chi connectivity index (χ0n) is 11.5. The van der Waals surface area contributed by atoms with Gasteiger partial charge in [-0.1, -0.05) is 0 Å². The van der Waals surface area contributed by atoms with Crippen molar-refractivity contribution < 1.29 is 4.79 Å². The van der Waals surface area contributed by atoms with Crippen molar-refractivity contribution in [2.75, 3.05) is 19.6 Å². The molecule has 0 aliphatic carbocycles. The Morgan fingerprint density at radius 3 is 2.67 bits per heavy atom. The Kier molecular flexibility index (Phi) is 7.58. The quantitative estimate of drug-likeness (QED) is 0.340. The van der Waals surface area contributed by atoms with Crippen LogP contribution in [0.15, 0.2) is 4.99 Å². The van der Waals surface area contributed by atoms with E-state index in [0.29, 0.717) is 18.9 Å². The van der Waals surface area contributed by atoms with Gasteiger partial charge in [-0.2, -0.15) is 0 Å². The zero-order chi connectivity index (χ0) is 12.9. The number of guanidine groups is 1. The summed E-state index contributed by atoms with van der Waals surface area (Å²) in [4.78, 5) is 17.5. The van der Waals surface area contributed by atoms with Gasteiger partial charge in [-0.15, -0.1) is 24.0 Å². The van der Waals surface area contributed by atoms with Crippen LogP contribution in [0.3, 0.4) is 0 Å². The molecule has 1 rings (SSSR count). The fraction of sp³-hybridized carbons (Fsp3) is 0.833. The van der Waals surface area contributed by atoms with E-state index < -0.39 is 0 Å². The molecule has 3 N–H and O–H groups in total. The molecule has 0 atom stereocenters. The molecule has 0 radical (unpaired) electrons. The number of likely N-dealkylation sites (tertiary alicyclic amines) is 1. The fourth-order valence-electron chi connectivity index (χ4n) is 1.83. The maximum atomic E-state index is 11.3. The van der Waals surface area contributed by atoms with Gasteiger partial charge in [-0.05, 0) is 33.6 Å². The molecule has 1 aliphatic rings. The van der Waals surface area contributed by atoms with Gasteiger partial charge in [0.1, 0.15) is 0 Å². The molecule has 0 aromatic rings. The van der Waals surface area contributed by atoms with Crippen LogP contribution in [-0.2, 0) is 4.79 Å². The molecule has 0 bridgehead atoms. The number of rotatable bonds is 4. The molecule has 0 saturated carbocycles. The molecule has 0 unspecified atom stereocenters. The third-order valence-corrected chi connectivity index (χ3v) is 2.54. The van der Waals surface area contributed by atoms with Crippen LogP contribution < -0.4 is 11.1 Å². The first kappa shape index (κ1) is 17.5. The Labute approximate surface area is 127 Å². The summed E-state index contributed by atoms with van der Waals surface area (Å²) in [7, 11) is 0. The van der Waals surface area contributed by atoms with Crippen LogP contribution in [0, 0.1) is 0 Å². The van der Waals surface area contributed by atoms with Crippen molar-refractivity contribution in [2.45, 2.75) is 45.6 Å². The summed E-state index contributed by atoms with van der Waals surface area (Å²) < 4.78 is 0. The normalized spacial score (nSPS) is 16.7. The minimum Gasteiger partial charge on any atom is -0.370 e. The lowest BCUT2D eigenvalue weighted by Crippen LogP contribution is -2.45. The summed E-state index contributed by atoms with van der Waals surface area (Å²) in [5, 5.41) is 3.10. The van der Waals surface area contributed by atoms with E-state index in [-0.39, 0.29) is 35.4 Å². The summed E-state index contributed by atoms with van der Waals surface area (Å²) in [6.07, 6.45) is 2.57. The second kappa shape index (κ2) is 7.81. The summed E-state index contributed by atoms with van der Waals surface area (Å²) in [6.45, 7) is 8.48. The Balaban J connectivity index is 0.00000289. The Morgan fingerprint density at radius 2 is 2.17 bits per heavy atom. The highest BCUT2D eigenvalue weighted by atomic mass is 127. The molecule has 106 valence electrons. The number of halogens is 1. The van der Waals surface area contributed by atoms with Crippen LogP contribution in [0.1, 0.15) is 40.0 Å². The Hall–Kier alpha value is -0.530. The fourth-order valence-corrected chi connectivity index (χ4v) is 1.83. The molecule has 6 heteroatoms. The lowest BCUT2D eigenvalue weighted by Gasteiger charge is -2.21. The predicted molar refractivity (Wildman–Crippen MR) is 85.2 cm³/mol. The summed E-state index contributed by atoms with van der Waals surface area (Å²) in [6, 6.07) is 0. The minimum absolute atomic E-state index is 0. The van der Waals surface area contributed by atoms with Crippen LogP contribution in [0.2, 0.25) is 0 Å². The summed E-state index contributed by atoms with van der Waals surface area (Å²) >= 11 is 0. The van der Waals surface area contributed by atoms with E-state index in [1.54, 1.807) is 0 Å². The zero-order valence-corrected chi connectivity index (χ0v) is 13.9. The van der Waals surface area contributed by atoms with Gasteiger partial charge in [0.05, 0.1) is 0 Å². The molecule has 0 aromatic carbocycles. The van der Waals surface area contributed by atoms with Crippen LogP contribution in [-0.4, -0.2) is 41.9 Å². The molecule has 5 nitrogen and oxygen atoms in total. The molecular weight excluding hydrogens is 343 g/mol. The van der Waals surface area contributed by atoms with Crippen LogP contribution in [0.4, 0.5) is 0 Å². The number of nitrogens with zero attached hydrogens (tertiary/aromatic N) is 2. The monoisotopic (exact) mass is 368 g/mol. The van der Waals surface area contributed by atoms with Crippen molar-refractivity contribution in [1.29, 1.82) is 0 Å². The van der Waals surface area contributed by atoms with Gasteiger partial charge in [0.15, 0.2) is 5.96 Å². The smallest absolute Gasteiger partial charge is 0.222 e. The van der Waals surface area contributed by atoms with Gasteiger partial charge < -0.3 is 16.0 Å². The highest BCUT2D eigenvalue weighted by Gasteiger charge is 2.18. The van der Waals surface area contributed by atoms with E-state index in [0.717, 1.165) is 25.9 Å². The van der Waals surface area contributed by atoms with E-state index >= 15 is 0 Å². The molecular formula is C12H25IN4O. The third kappa shape index (κ3) is 7.03. The number of hydrogen-bond donors (Lipinski definition) is 2. The second-order valence-corrected chi connectivity index (χ2v) is 5.48. The van der Waals surface area contributed by atoms with Gasteiger partial charge >= 0.3 is 0 Å². The molecule has 1 amide bonds. The van der Waals surface area contributed by atoms with E-state index in [1.807, 2.05) is 25.7 Å². The lowest BCUT2D eigenvalue weighted by atomic mass is 10.1. The van der Waals surface area contributed by atoms with Crippen molar-refractivity contribution >= 4 is 35.8 Å². The molecule has 1 saturated heterocycles. The molecule has 0 aromatic heterocycles. The van der Waals surface area contributed by atoms with Gasteiger partial charge in [0, 0.05) is 31.6 Å². The number of hydrogen-bond acceptors (Lipinski definition) is 2. The van der Waals surface area contributed by atoms with Crippen LogP contribution in [0.5, 0.6) is 0 Å². The topological polar surface area (TPSA) is 70.7 Å². The van der Waals surface area contributed by atoms with E-state index in [4.69, 9.17) is 5.73 Å². The van der Waals surface area contributed by atoms with Gasteiger partial charge in [-0.3, -0.25) is 9.79 Å². The standard InChI is InChI=1S/C12H24N4O.HI/c1-12(2,3)15-11(13)14-7-5-9-16-8-4-6-10(16)17;/h4-9H2,1-3H3,(H3,13,14,15);1H. The average Bonchev–Trinajstić information content (AvgIpc) is 2.56. The van der Waals surface area contributed by atoms with Crippen molar-refractivity contribution in [3.8, 4) is 0 Å². The predicted octanol–water partition coefficient (Wildman–Crippen LogP) is 1.32. The van der Waals surface area contributed by atoms with Crippen molar-refractivity contribution in [3.63, 3.8) is 0 Å². The highest BCUT2D eigenvalue weighted by molar-refractivity contribution is 14.0. The molecule has 18 heavy (non-hydrogen) atoms. The number of aliphatic imine (C=N–C) groups is 1. The van der Waals surface area contributed by atoms with Crippen molar-refractivity contribution in [3.05, 3.63) is 0 Å². The van der Waals surface area contributed by atoms with Gasteiger partial charge in [0.25, 0.3) is 0 Å². The SMILES string of the molecule is CC(C)(C)NC(N)=NCCCN1CCCC1=O.I. The van der Waals surface area contributed by atoms with E-state index in [9.17, 15) is 4.79 Å². The highest BCUT2D eigenvalue weighted by Crippen LogP contribution is 2.09. The molecule has 1 heterocycles. The lowest BCUT2D eigenvalue weighted by molar-refractivity contribution is -0.127. The molecule has 1 fully saturated rings. The number of nitrogens with one attached hydrogen (secondary N) is 1. The van der Waals surface area contributed by atoms with Crippen molar-refractivity contribution in [2.24, 2.45) is 10.7 Å². The summed E-state index contributed by atoms with van der Waals surface area (Å²) in [5.41, 5.74) is 5.68.